The number of carbonyl (C=O) groups excluding carboxylic acids is 1. The van der Waals surface area contributed by atoms with Crippen LogP contribution in [-0.4, -0.2) is 14.0 Å². The van der Waals surface area contributed by atoms with E-state index in [1.807, 2.05) is 30.3 Å². The molecule has 0 saturated carbocycles. The van der Waals surface area contributed by atoms with Gasteiger partial charge in [-0.15, -0.1) is 5.54 Å². The topological polar surface area (TPSA) is 26.3 Å². The van der Waals surface area contributed by atoms with Crippen LogP contribution in [0, 0.1) is 20.4 Å². The fourth-order valence-corrected chi connectivity index (χ4v) is 11.1. The van der Waals surface area contributed by atoms with Crippen LogP contribution in [-0.2, 0) is 22.6 Å². The molecule has 1 unspecified atom stereocenters. The Kier molecular flexibility index (Phi) is 11.6. The molecule has 0 spiro atoms. The Bertz CT molecular complexity index is 964. The molecule has 0 aliphatic rings. The van der Waals surface area contributed by atoms with Crippen LogP contribution in [0.1, 0.15) is 78.9 Å². The maximum absolute atomic E-state index is 13.9. The van der Waals surface area contributed by atoms with Gasteiger partial charge in [-0.25, -0.2) is 0 Å². The second kappa shape index (κ2) is 13.6. The molecule has 2 aromatic rings. The van der Waals surface area contributed by atoms with Crippen molar-refractivity contribution in [2.45, 2.75) is 97.4 Å². The maximum Gasteiger partial charge on any atom is 0.324 e. The predicted octanol–water partition coefficient (Wildman–Crippen LogP) is 8.98. The van der Waals surface area contributed by atoms with Gasteiger partial charge in [0, 0.05) is 3.57 Å². The van der Waals surface area contributed by atoms with E-state index in [0.29, 0.717) is 23.0 Å². The third-order valence-electron chi connectivity index (χ3n) is 7.36. The van der Waals surface area contributed by atoms with Gasteiger partial charge in [0.1, 0.15) is 20.1 Å². The molecule has 2 nitrogen and oxygen atoms in total. The Morgan fingerprint density at radius 1 is 0.914 bits per heavy atom. The van der Waals surface area contributed by atoms with Crippen molar-refractivity contribution in [2.24, 2.45) is 5.41 Å². The minimum atomic E-state index is -2.01. The van der Waals surface area contributed by atoms with Gasteiger partial charge in [-0.3, -0.25) is 4.79 Å². The summed E-state index contributed by atoms with van der Waals surface area (Å²) in [5.41, 5.74) is 6.71. The van der Waals surface area contributed by atoms with Crippen LogP contribution in [0.25, 0.3) is 0 Å². The minimum absolute atomic E-state index is 0.181. The molecule has 0 N–H and O–H groups in total. The number of ether oxygens (including phenoxy) is 1. The number of benzene rings is 2. The van der Waals surface area contributed by atoms with E-state index in [0.717, 1.165) is 30.4 Å². The number of carbonyl (C=O) groups is 1. The Hall–Kier alpha value is -1.58. The van der Waals surface area contributed by atoms with Crippen molar-refractivity contribution in [3.63, 3.8) is 0 Å². The molecule has 0 heterocycles. The molecule has 4 heteroatoms. The molecular formula is C31H43IO2Si. The van der Waals surface area contributed by atoms with Crippen molar-refractivity contribution in [2.75, 3.05) is 0 Å². The molecule has 1 atom stereocenters. The van der Waals surface area contributed by atoms with Crippen molar-refractivity contribution >= 4 is 36.6 Å². The lowest BCUT2D eigenvalue weighted by molar-refractivity contribution is -0.154. The molecule has 0 fully saturated rings. The highest BCUT2D eigenvalue weighted by Gasteiger charge is 2.44. The van der Waals surface area contributed by atoms with Gasteiger partial charge in [-0.1, -0.05) is 110 Å². The van der Waals surface area contributed by atoms with E-state index in [9.17, 15) is 4.79 Å². The highest BCUT2D eigenvalue weighted by Crippen LogP contribution is 2.42. The SMILES string of the molecule is CCCCC(C#C[Si](C(C)C)(C(C)C)C(C)C)(Cc1ccc(I)cc1)C(=O)OCc1ccccc1. The zero-order chi connectivity index (χ0) is 26.1. The first-order chi connectivity index (χ1) is 16.6. The third-order valence-corrected chi connectivity index (χ3v) is 14.4. The fourth-order valence-electron chi connectivity index (χ4n) is 5.37. The van der Waals surface area contributed by atoms with Crippen molar-refractivity contribution in [1.82, 2.24) is 0 Å². The van der Waals surface area contributed by atoms with Crippen LogP contribution in [0.4, 0.5) is 0 Å². The van der Waals surface area contributed by atoms with Crippen LogP contribution in [0.5, 0.6) is 0 Å². The first-order valence-electron chi connectivity index (χ1n) is 13.1. The lowest BCUT2D eigenvalue weighted by Gasteiger charge is -2.38. The van der Waals surface area contributed by atoms with Gasteiger partial charge in [0.15, 0.2) is 0 Å². The fraction of sp³-hybridized carbons (Fsp3) is 0.516. The lowest BCUT2D eigenvalue weighted by Crippen LogP contribution is -2.44. The summed E-state index contributed by atoms with van der Waals surface area (Å²) in [6.45, 7) is 16.4. The lowest BCUT2D eigenvalue weighted by atomic mass is 9.78. The molecule has 0 radical (unpaired) electrons. The van der Waals surface area contributed by atoms with Crippen LogP contribution in [0.15, 0.2) is 54.6 Å². The smallest absolute Gasteiger partial charge is 0.324 e. The van der Waals surface area contributed by atoms with Gasteiger partial charge in [-0.05, 0) is 75.3 Å². The minimum Gasteiger partial charge on any atom is -0.460 e. The van der Waals surface area contributed by atoms with Gasteiger partial charge in [0.25, 0.3) is 0 Å². The Morgan fingerprint density at radius 3 is 2.00 bits per heavy atom. The number of hydrogen-bond acceptors (Lipinski definition) is 2. The summed E-state index contributed by atoms with van der Waals surface area (Å²) >= 11 is 2.32. The summed E-state index contributed by atoms with van der Waals surface area (Å²) in [7, 11) is -2.01. The maximum atomic E-state index is 13.9. The number of hydrogen-bond donors (Lipinski definition) is 0. The van der Waals surface area contributed by atoms with Crippen LogP contribution >= 0.6 is 22.6 Å². The zero-order valence-electron chi connectivity index (χ0n) is 22.7. The summed E-state index contributed by atoms with van der Waals surface area (Å²) in [4.78, 5) is 13.9. The van der Waals surface area contributed by atoms with Crippen molar-refractivity contribution in [3.8, 4) is 11.5 Å². The second-order valence-electron chi connectivity index (χ2n) is 10.7. The van der Waals surface area contributed by atoms with Crippen LogP contribution < -0.4 is 0 Å². The average Bonchev–Trinajstić information content (AvgIpc) is 2.82. The predicted molar refractivity (Wildman–Crippen MR) is 160 cm³/mol. The molecule has 2 rings (SSSR count). The molecule has 0 aromatic heterocycles. The number of halogens is 1. The normalized spacial score (nSPS) is 13.5. The van der Waals surface area contributed by atoms with E-state index in [-0.39, 0.29) is 12.6 Å². The van der Waals surface area contributed by atoms with Gasteiger partial charge in [0.2, 0.25) is 0 Å². The van der Waals surface area contributed by atoms with E-state index in [4.69, 9.17) is 4.74 Å². The molecule has 0 amide bonds. The molecule has 0 aliphatic carbocycles. The number of esters is 1. The Balaban J connectivity index is 2.59. The zero-order valence-corrected chi connectivity index (χ0v) is 25.8. The number of unbranched alkanes of at least 4 members (excludes halogenated alkanes) is 1. The van der Waals surface area contributed by atoms with Crippen molar-refractivity contribution in [1.29, 1.82) is 0 Å². The van der Waals surface area contributed by atoms with E-state index < -0.39 is 13.5 Å². The van der Waals surface area contributed by atoms with Gasteiger partial charge >= 0.3 is 5.97 Å². The van der Waals surface area contributed by atoms with E-state index >= 15 is 0 Å². The monoisotopic (exact) mass is 602 g/mol. The molecule has 35 heavy (non-hydrogen) atoms. The average molecular weight is 603 g/mol. The standard InChI is InChI=1S/C31H43IO2Si/c1-8-9-19-31(22-27-15-17-29(32)18-16-27,30(33)34-23-28-13-11-10-12-14-28)20-21-35(24(2)3,25(4)5)26(6)7/h10-18,24-26H,8-9,19,22-23H2,1-7H3. The second-order valence-corrected chi connectivity index (χ2v) is 17.5. The summed E-state index contributed by atoms with van der Waals surface area (Å²) in [6.07, 6.45) is 3.26. The molecule has 0 saturated heterocycles. The summed E-state index contributed by atoms with van der Waals surface area (Å²) in [6, 6.07) is 18.4. The van der Waals surface area contributed by atoms with Gasteiger partial charge in [-0.2, -0.15) is 0 Å². The van der Waals surface area contributed by atoms with E-state index in [2.05, 4.69) is 107 Å². The molecule has 0 bridgehead atoms. The number of rotatable bonds is 11. The molecule has 2 aromatic carbocycles. The highest BCUT2D eigenvalue weighted by molar-refractivity contribution is 14.1. The first kappa shape index (κ1) is 29.6. The third kappa shape index (κ3) is 7.70. The van der Waals surface area contributed by atoms with Crippen LogP contribution in [0.3, 0.4) is 0 Å². The van der Waals surface area contributed by atoms with E-state index in [1.54, 1.807) is 0 Å². The summed E-state index contributed by atoms with van der Waals surface area (Å²) in [5, 5.41) is 0. The largest absolute Gasteiger partial charge is 0.460 e. The quantitative estimate of drug-likeness (QED) is 0.111. The highest BCUT2D eigenvalue weighted by atomic mass is 127. The van der Waals surface area contributed by atoms with Gasteiger partial charge < -0.3 is 4.74 Å². The van der Waals surface area contributed by atoms with Crippen LogP contribution in [0.2, 0.25) is 16.6 Å². The first-order valence-corrected chi connectivity index (χ1v) is 16.4. The van der Waals surface area contributed by atoms with Crippen molar-refractivity contribution < 1.29 is 9.53 Å². The summed E-state index contributed by atoms with van der Waals surface area (Å²) < 4.78 is 7.19. The van der Waals surface area contributed by atoms with E-state index in [1.165, 1.54) is 3.57 Å². The Morgan fingerprint density at radius 2 is 1.49 bits per heavy atom. The summed E-state index contributed by atoms with van der Waals surface area (Å²) in [5.74, 6) is 3.51. The molecular weight excluding hydrogens is 559 g/mol. The molecule has 190 valence electrons. The van der Waals surface area contributed by atoms with Gasteiger partial charge in [0.05, 0.1) is 0 Å². The van der Waals surface area contributed by atoms with Crippen molar-refractivity contribution in [3.05, 3.63) is 69.3 Å². The molecule has 0 aliphatic heterocycles. The Labute approximate surface area is 228 Å².